The van der Waals surface area contributed by atoms with E-state index in [4.69, 9.17) is 0 Å². The molecule has 0 aliphatic carbocycles. The van der Waals surface area contributed by atoms with Crippen molar-refractivity contribution in [2.75, 3.05) is 31.9 Å². The minimum absolute atomic E-state index is 0.000720. The number of thioether (sulfide) groups is 1. The van der Waals surface area contributed by atoms with E-state index in [0.717, 1.165) is 9.37 Å². The largest absolute Gasteiger partial charge is 0.339 e. The molecule has 2 aromatic carbocycles. The highest BCUT2D eigenvalue weighted by atomic mass is 79.9. The maximum atomic E-state index is 12.8. The zero-order valence-corrected chi connectivity index (χ0v) is 19.1. The van der Waals surface area contributed by atoms with E-state index in [1.807, 2.05) is 24.3 Å². The summed E-state index contributed by atoms with van der Waals surface area (Å²) in [5.41, 5.74) is 0.475. The highest BCUT2D eigenvalue weighted by molar-refractivity contribution is 9.10. The van der Waals surface area contributed by atoms with Crippen LogP contribution in [0.3, 0.4) is 0 Å². The molecule has 1 heterocycles. The van der Waals surface area contributed by atoms with E-state index >= 15 is 0 Å². The number of benzene rings is 2. The molecular formula is C20H21BrN2O4S2. The maximum absolute atomic E-state index is 12.8. The summed E-state index contributed by atoms with van der Waals surface area (Å²) in [4.78, 5) is 26.7. The van der Waals surface area contributed by atoms with Gasteiger partial charge in [-0.05, 0) is 43.3 Å². The van der Waals surface area contributed by atoms with Crippen molar-refractivity contribution in [3.8, 4) is 0 Å². The first-order chi connectivity index (χ1) is 13.8. The number of ketones is 1. The molecule has 0 unspecified atom stereocenters. The molecule has 1 saturated heterocycles. The van der Waals surface area contributed by atoms with E-state index in [1.165, 1.54) is 47.3 Å². The Balaban J connectivity index is 1.55. The Kier molecular flexibility index (Phi) is 7.15. The monoisotopic (exact) mass is 496 g/mol. The molecule has 154 valence electrons. The molecule has 1 aliphatic rings. The van der Waals surface area contributed by atoms with E-state index in [-0.39, 0.29) is 29.7 Å². The molecule has 0 N–H and O–H groups in total. The molecule has 1 fully saturated rings. The van der Waals surface area contributed by atoms with Crippen molar-refractivity contribution in [2.45, 2.75) is 16.7 Å². The second-order valence-electron chi connectivity index (χ2n) is 6.61. The van der Waals surface area contributed by atoms with Gasteiger partial charge in [-0.25, -0.2) is 8.42 Å². The molecule has 0 spiro atoms. The molecule has 0 saturated carbocycles. The molecule has 0 bridgehead atoms. The molecule has 0 aromatic heterocycles. The summed E-state index contributed by atoms with van der Waals surface area (Å²) in [6.45, 7) is 2.68. The molecule has 0 radical (unpaired) electrons. The topological polar surface area (TPSA) is 74.8 Å². The van der Waals surface area contributed by atoms with Crippen LogP contribution >= 0.6 is 27.7 Å². The van der Waals surface area contributed by atoms with Crippen molar-refractivity contribution >= 4 is 49.4 Å². The smallest absolute Gasteiger partial charge is 0.243 e. The third-order valence-electron chi connectivity index (χ3n) is 4.67. The van der Waals surface area contributed by atoms with Crippen molar-refractivity contribution < 1.29 is 18.0 Å². The Morgan fingerprint density at radius 1 is 0.966 bits per heavy atom. The Morgan fingerprint density at radius 2 is 1.55 bits per heavy atom. The van der Waals surface area contributed by atoms with Gasteiger partial charge in [0.2, 0.25) is 15.9 Å². The number of piperazine rings is 1. The zero-order chi connectivity index (χ0) is 21.0. The second-order valence-corrected chi connectivity index (χ2v) is 10.5. The van der Waals surface area contributed by atoms with Crippen LogP contribution in [0.25, 0.3) is 0 Å². The van der Waals surface area contributed by atoms with Crippen LogP contribution in [-0.2, 0) is 14.8 Å². The summed E-state index contributed by atoms with van der Waals surface area (Å²) in [5.74, 6) is 0.212. The normalized spacial score (nSPS) is 15.3. The van der Waals surface area contributed by atoms with Crippen LogP contribution in [0.1, 0.15) is 17.3 Å². The van der Waals surface area contributed by atoms with Gasteiger partial charge in [0.1, 0.15) is 0 Å². The number of sulfonamides is 1. The molecule has 1 amide bonds. The standard InChI is InChI=1S/C20H21BrN2O4S2/c1-15(24)16-2-8-19(9-3-16)29(26,27)23-12-10-22(11-13-23)20(25)14-28-18-6-4-17(21)5-7-18/h2-9H,10-14H2,1H3. The number of hydrogen-bond acceptors (Lipinski definition) is 5. The summed E-state index contributed by atoms with van der Waals surface area (Å²) < 4.78 is 28.0. The van der Waals surface area contributed by atoms with Gasteiger partial charge in [-0.1, -0.05) is 28.1 Å². The van der Waals surface area contributed by atoms with Crippen molar-refractivity contribution in [2.24, 2.45) is 0 Å². The predicted octanol–water partition coefficient (Wildman–Crippen LogP) is 3.28. The minimum atomic E-state index is -3.64. The lowest BCUT2D eigenvalue weighted by Crippen LogP contribution is -2.50. The van der Waals surface area contributed by atoms with Crippen LogP contribution in [0.5, 0.6) is 0 Å². The first-order valence-electron chi connectivity index (χ1n) is 9.04. The van der Waals surface area contributed by atoms with Gasteiger partial charge in [0.15, 0.2) is 5.78 Å². The molecule has 1 aliphatic heterocycles. The Hall–Kier alpha value is -1.68. The number of halogens is 1. The number of amides is 1. The molecule has 3 rings (SSSR count). The van der Waals surface area contributed by atoms with Crippen molar-refractivity contribution in [3.63, 3.8) is 0 Å². The van der Waals surface area contributed by atoms with Gasteiger partial charge in [0, 0.05) is 41.1 Å². The van der Waals surface area contributed by atoms with Crippen LogP contribution in [-0.4, -0.2) is 61.2 Å². The molecular weight excluding hydrogens is 476 g/mol. The third kappa shape index (κ3) is 5.48. The fraction of sp³-hybridized carbons (Fsp3) is 0.300. The first kappa shape index (κ1) is 22.0. The highest BCUT2D eigenvalue weighted by Gasteiger charge is 2.30. The van der Waals surface area contributed by atoms with Crippen LogP contribution in [0.4, 0.5) is 0 Å². The summed E-state index contributed by atoms with van der Waals surface area (Å²) in [5, 5.41) is 0. The van der Waals surface area contributed by atoms with E-state index in [9.17, 15) is 18.0 Å². The average molecular weight is 497 g/mol. The minimum Gasteiger partial charge on any atom is -0.339 e. The average Bonchev–Trinajstić information content (AvgIpc) is 2.73. The summed E-state index contributed by atoms with van der Waals surface area (Å²) in [6, 6.07) is 13.7. The van der Waals surface area contributed by atoms with Gasteiger partial charge in [-0.3, -0.25) is 9.59 Å². The molecule has 0 atom stereocenters. The lowest BCUT2D eigenvalue weighted by Gasteiger charge is -2.34. The van der Waals surface area contributed by atoms with Crippen molar-refractivity contribution in [3.05, 3.63) is 58.6 Å². The van der Waals surface area contributed by atoms with E-state index in [0.29, 0.717) is 24.4 Å². The summed E-state index contributed by atoms with van der Waals surface area (Å²) in [7, 11) is -3.64. The maximum Gasteiger partial charge on any atom is 0.243 e. The van der Waals surface area contributed by atoms with Crippen LogP contribution < -0.4 is 0 Å². The van der Waals surface area contributed by atoms with Crippen LogP contribution in [0.2, 0.25) is 0 Å². The van der Waals surface area contributed by atoms with Gasteiger partial charge < -0.3 is 4.90 Å². The van der Waals surface area contributed by atoms with E-state index in [2.05, 4.69) is 15.9 Å². The van der Waals surface area contributed by atoms with Crippen molar-refractivity contribution in [1.29, 1.82) is 0 Å². The molecule has 6 nitrogen and oxygen atoms in total. The highest BCUT2D eigenvalue weighted by Crippen LogP contribution is 2.22. The Bertz CT molecular complexity index is 984. The number of carbonyl (C=O) groups excluding carboxylic acids is 2. The van der Waals surface area contributed by atoms with E-state index < -0.39 is 10.0 Å². The predicted molar refractivity (Wildman–Crippen MR) is 117 cm³/mol. The van der Waals surface area contributed by atoms with Crippen LogP contribution in [0, 0.1) is 0 Å². The lowest BCUT2D eigenvalue weighted by atomic mass is 10.2. The first-order valence-corrected chi connectivity index (χ1v) is 12.3. The second kappa shape index (κ2) is 9.42. The fourth-order valence-electron chi connectivity index (χ4n) is 2.96. The van der Waals surface area contributed by atoms with Crippen molar-refractivity contribution in [1.82, 2.24) is 9.21 Å². The summed E-state index contributed by atoms with van der Waals surface area (Å²) >= 11 is 4.85. The van der Waals surface area contributed by atoms with Gasteiger partial charge >= 0.3 is 0 Å². The number of nitrogens with zero attached hydrogens (tertiary/aromatic N) is 2. The Labute approximate surface area is 183 Å². The molecule has 9 heteroatoms. The van der Waals surface area contributed by atoms with Gasteiger partial charge in [-0.2, -0.15) is 4.31 Å². The van der Waals surface area contributed by atoms with Gasteiger partial charge in [-0.15, -0.1) is 11.8 Å². The lowest BCUT2D eigenvalue weighted by molar-refractivity contribution is -0.129. The number of hydrogen-bond donors (Lipinski definition) is 0. The van der Waals surface area contributed by atoms with Gasteiger partial charge in [0.25, 0.3) is 0 Å². The number of rotatable bonds is 6. The molecule has 2 aromatic rings. The SMILES string of the molecule is CC(=O)c1ccc(S(=O)(=O)N2CCN(C(=O)CSc3ccc(Br)cc3)CC2)cc1. The number of Topliss-reactive ketones (excluding diaryl/α,β-unsaturated/α-hetero) is 1. The summed E-state index contributed by atoms with van der Waals surface area (Å²) in [6.07, 6.45) is 0. The third-order valence-corrected chi connectivity index (χ3v) is 8.10. The number of carbonyl (C=O) groups is 2. The van der Waals surface area contributed by atoms with Crippen LogP contribution in [0.15, 0.2) is 62.8 Å². The fourth-order valence-corrected chi connectivity index (χ4v) is 5.44. The Morgan fingerprint density at radius 3 is 2.10 bits per heavy atom. The molecule has 29 heavy (non-hydrogen) atoms. The van der Waals surface area contributed by atoms with Gasteiger partial charge in [0.05, 0.1) is 10.6 Å². The van der Waals surface area contributed by atoms with E-state index in [1.54, 1.807) is 4.90 Å². The zero-order valence-electron chi connectivity index (χ0n) is 15.9. The quantitative estimate of drug-likeness (QED) is 0.453.